The van der Waals surface area contributed by atoms with Gasteiger partial charge in [-0.1, -0.05) is 91.0 Å². The Morgan fingerprint density at radius 3 is 1.70 bits per heavy atom. The summed E-state index contributed by atoms with van der Waals surface area (Å²) in [6.45, 7) is 0. The molecule has 0 aliphatic carbocycles. The predicted molar refractivity (Wildman–Crippen MR) is 200 cm³/mol. The second-order valence-corrected chi connectivity index (χ2v) is 12.3. The first-order valence-corrected chi connectivity index (χ1v) is 16.3. The van der Waals surface area contributed by atoms with E-state index in [0.717, 1.165) is 77.2 Å². The van der Waals surface area contributed by atoms with Crippen molar-refractivity contribution in [2.45, 2.75) is 0 Å². The molecule has 9 rings (SSSR count). The van der Waals surface area contributed by atoms with E-state index >= 15 is 0 Å². The van der Waals surface area contributed by atoms with Crippen LogP contribution < -0.4 is 0 Å². The molecule has 0 saturated heterocycles. The quantitative estimate of drug-likeness (QED) is 0.193. The highest BCUT2D eigenvalue weighted by molar-refractivity contribution is 6.11. The van der Waals surface area contributed by atoms with E-state index in [-0.39, 0.29) is 0 Å². The van der Waals surface area contributed by atoms with Crippen LogP contribution in [0.2, 0.25) is 0 Å². The highest BCUT2D eigenvalue weighted by Gasteiger charge is 2.21. The van der Waals surface area contributed by atoms with Gasteiger partial charge in [-0.25, -0.2) is 0 Å². The maximum absolute atomic E-state index is 10.5. The molecule has 0 aliphatic rings. The van der Waals surface area contributed by atoms with E-state index in [0.29, 0.717) is 16.7 Å². The fraction of sp³-hybridized carbons (Fsp3) is 0. The molecule has 5 heteroatoms. The van der Waals surface area contributed by atoms with Crippen LogP contribution >= 0.6 is 0 Å². The van der Waals surface area contributed by atoms with Crippen LogP contribution in [0, 0.1) is 34.0 Å². The van der Waals surface area contributed by atoms with Gasteiger partial charge in [0.15, 0.2) is 0 Å². The Morgan fingerprint density at radius 2 is 0.960 bits per heavy atom. The van der Waals surface area contributed by atoms with Gasteiger partial charge in [-0.15, -0.1) is 0 Å². The van der Waals surface area contributed by atoms with Crippen LogP contribution in [-0.4, -0.2) is 9.13 Å². The van der Waals surface area contributed by atoms with Gasteiger partial charge in [-0.3, -0.25) is 0 Å². The summed E-state index contributed by atoms with van der Waals surface area (Å²) < 4.78 is 4.38. The molecule has 2 heterocycles. The molecule has 0 fully saturated rings. The Morgan fingerprint density at radius 1 is 0.380 bits per heavy atom. The zero-order chi connectivity index (χ0) is 33.8. The molecule has 0 spiro atoms. The molecule has 2 aromatic heterocycles. The third-order valence-electron chi connectivity index (χ3n) is 9.64. The fourth-order valence-electron chi connectivity index (χ4n) is 7.45. The number of fused-ring (bicyclic) bond motifs is 6. The van der Waals surface area contributed by atoms with Gasteiger partial charge in [0.05, 0.1) is 56.6 Å². The number of aromatic nitrogens is 2. The second kappa shape index (κ2) is 11.4. The van der Waals surface area contributed by atoms with Gasteiger partial charge in [0.2, 0.25) is 0 Å². The van der Waals surface area contributed by atoms with E-state index in [1.165, 1.54) is 0 Å². The molecule has 9 aromatic rings. The molecule has 50 heavy (non-hydrogen) atoms. The smallest absolute Gasteiger partial charge is 0.101 e. The van der Waals surface area contributed by atoms with Crippen LogP contribution in [-0.2, 0) is 0 Å². The van der Waals surface area contributed by atoms with E-state index in [2.05, 4.69) is 94.1 Å². The van der Waals surface area contributed by atoms with E-state index in [4.69, 9.17) is 0 Å². The topological polar surface area (TPSA) is 81.2 Å². The van der Waals surface area contributed by atoms with Crippen molar-refractivity contribution in [3.05, 3.63) is 168 Å². The lowest BCUT2D eigenvalue weighted by molar-refractivity contribution is 1.17. The van der Waals surface area contributed by atoms with Crippen LogP contribution in [0.1, 0.15) is 16.7 Å². The Kier molecular flexibility index (Phi) is 6.56. The van der Waals surface area contributed by atoms with Crippen molar-refractivity contribution in [1.29, 1.82) is 15.8 Å². The van der Waals surface area contributed by atoms with Gasteiger partial charge in [-0.05, 0) is 77.4 Å². The van der Waals surface area contributed by atoms with Gasteiger partial charge in [0.25, 0.3) is 0 Å². The van der Waals surface area contributed by atoms with Crippen LogP contribution in [0.25, 0.3) is 77.2 Å². The van der Waals surface area contributed by atoms with Crippen molar-refractivity contribution >= 4 is 43.6 Å². The molecule has 5 nitrogen and oxygen atoms in total. The molecule has 0 N–H and O–H groups in total. The van der Waals surface area contributed by atoms with Crippen LogP contribution in [0.4, 0.5) is 0 Å². The minimum atomic E-state index is 0.545. The number of hydrogen-bond acceptors (Lipinski definition) is 3. The Bertz CT molecular complexity index is 2960. The van der Waals surface area contributed by atoms with Gasteiger partial charge in [-0.2, -0.15) is 15.8 Å². The summed E-state index contributed by atoms with van der Waals surface area (Å²) in [6.07, 6.45) is 0. The number of nitriles is 3. The number of para-hydroxylation sites is 3. The summed E-state index contributed by atoms with van der Waals surface area (Å²) in [5.41, 5.74) is 11.5. The minimum absolute atomic E-state index is 0.545. The standard InChI is InChI=1S/C45H25N5/c46-26-29-17-23-43-40(24-29)37-12-4-5-14-41(37)49(43)33-20-18-31(19-21-33)34-9-1-2-10-35(34)39-13-7-8-32(28-48)45(39)50-42-15-6-3-11-36(42)38-22-16-30(27-47)25-44(38)50/h1-25H. The Labute approximate surface area is 287 Å². The van der Waals surface area contributed by atoms with Crippen LogP contribution in [0.5, 0.6) is 0 Å². The first-order valence-electron chi connectivity index (χ1n) is 16.3. The first kappa shape index (κ1) is 28.8. The zero-order valence-electron chi connectivity index (χ0n) is 26.7. The van der Waals surface area contributed by atoms with Gasteiger partial charge in [0, 0.05) is 32.8 Å². The van der Waals surface area contributed by atoms with Crippen molar-refractivity contribution in [3.63, 3.8) is 0 Å². The third kappa shape index (κ3) is 4.31. The lowest BCUT2D eigenvalue weighted by atomic mass is 9.92. The zero-order valence-corrected chi connectivity index (χ0v) is 26.7. The number of rotatable bonds is 4. The summed E-state index contributed by atoms with van der Waals surface area (Å²) in [7, 11) is 0. The van der Waals surface area contributed by atoms with Gasteiger partial charge in [0.1, 0.15) is 6.07 Å². The highest BCUT2D eigenvalue weighted by Crippen LogP contribution is 2.41. The monoisotopic (exact) mass is 635 g/mol. The molecule has 0 atom stereocenters. The molecule has 0 saturated carbocycles. The summed E-state index contributed by atoms with van der Waals surface area (Å²) in [4.78, 5) is 0. The maximum atomic E-state index is 10.5. The average molecular weight is 636 g/mol. The SMILES string of the molecule is N#Cc1ccc2c(c1)c1ccccc1n2-c1ccc(-c2ccccc2-c2cccc(C#N)c2-n2c3ccccc3c3ccc(C#N)cc32)cc1. The molecule has 0 aliphatic heterocycles. The average Bonchev–Trinajstić information content (AvgIpc) is 3.69. The maximum Gasteiger partial charge on any atom is 0.101 e. The third-order valence-corrected chi connectivity index (χ3v) is 9.64. The van der Waals surface area contributed by atoms with Gasteiger partial charge < -0.3 is 9.13 Å². The molecule has 230 valence electrons. The molecule has 7 aromatic carbocycles. The molecular formula is C45H25N5. The summed E-state index contributed by atoms with van der Waals surface area (Å²) >= 11 is 0. The number of benzene rings is 7. The Balaban J connectivity index is 1.24. The highest BCUT2D eigenvalue weighted by atomic mass is 15.0. The summed E-state index contributed by atoms with van der Waals surface area (Å²) in [5.74, 6) is 0. The van der Waals surface area contributed by atoms with Gasteiger partial charge >= 0.3 is 0 Å². The lowest BCUT2D eigenvalue weighted by Gasteiger charge is -2.18. The van der Waals surface area contributed by atoms with Crippen molar-refractivity contribution in [1.82, 2.24) is 9.13 Å². The van der Waals surface area contributed by atoms with Crippen LogP contribution in [0.15, 0.2) is 152 Å². The number of nitrogens with zero attached hydrogens (tertiary/aromatic N) is 5. The van der Waals surface area contributed by atoms with Crippen LogP contribution in [0.3, 0.4) is 0 Å². The summed E-state index contributed by atoms with van der Waals surface area (Å²) in [5, 5.41) is 34.1. The van der Waals surface area contributed by atoms with Crippen molar-refractivity contribution in [2.24, 2.45) is 0 Å². The molecule has 0 amide bonds. The largest absolute Gasteiger partial charge is 0.309 e. The van der Waals surface area contributed by atoms with Crippen molar-refractivity contribution in [3.8, 4) is 51.8 Å². The molecular weight excluding hydrogens is 611 g/mol. The van der Waals surface area contributed by atoms with E-state index in [9.17, 15) is 15.8 Å². The second-order valence-electron chi connectivity index (χ2n) is 12.3. The van der Waals surface area contributed by atoms with E-state index in [1.54, 1.807) is 0 Å². The van der Waals surface area contributed by atoms with E-state index < -0.39 is 0 Å². The molecule has 0 radical (unpaired) electrons. The number of hydrogen-bond donors (Lipinski definition) is 0. The van der Waals surface area contributed by atoms with Crippen molar-refractivity contribution < 1.29 is 0 Å². The predicted octanol–water partition coefficient (Wildman–Crippen LogP) is 10.8. The normalized spacial score (nSPS) is 11.1. The fourth-order valence-corrected chi connectivity index (χ4v) is 7.45. The van der Waals surface area contributed by atoms with E-state index in [1.807, 2.05) is 84.9 Å². The minimum Gasteiger partial charge on any atom is -0.309 e. The lowest BCUT2D eigenvalue weighted by Crippen LogP contribution is -2.01. The molecule has 0 bridgehead atoms. The molecule has 0 unspecified atom stereocenters. The first-order chi connectivity index (χ1) is 24.7. The Hall–Kier alpha value is -7.39. The van der Waals surface area contributed by atoms with Crippen molar-refractivity contribution in [2.75, 3.05) is 0 Å². The summed E-state index contributed by atoms with van der Waals surface area (Å²) in [6, 6.07) is 57.8.